The summed E-state index contributed by atoms with van der Waals surface area (Å²) in [6, 6.07) is 12.0. The van der Waals surface area contributed by atoms with Crippen molar-refractivity contribution in [2.75, 3.05) is 19.8 Å². The maximum atomic E-state index is 14.4. The molecule has 0 aliphatic heterocycles. The first-order valence-corrected chi connectivity index (χ1v) is 12.9. The molecule has 4 atom stereocenters. The van der Waals surface area contributed by atoms with Gasteiger partial charge in [0.15, 0.2) is 6.61 Å². The molecule has 0 spiro atoms. The number of aliphatic hydroxyl groups is 3. The number of ether oxygens (including phenoxy) is 2. The van der Waals surface area contributed by atoms with Crippen LogP contribution in [-0.2, 0) is 11.2 Å². The van der Waals surface area contributed by atoms with Gasteiger partial charge < -0.3 is 24.8 Å². The molecule has 3 rings (SSSR count). The van der Waals surface area contributed by atoms with Crippen LogP contribution in [0.5, 0.6) is 5.75 Å². The van der Waals surface area contributed by atoms with Crippen LogP contribution in [0.4, 0.5) is 8.78 Å². The molecule has 194 valence electrons. The molecule has 1 aromatic carbocycles. The number of benzene rings is 1. The van der Waals surface area contributed by atoms with Crippen LogP contribution in [0.2, 0.25) is 0 Å². The number of hydrogen-bond acceptors (Lipinski definition) is 7. The number of esters is 1. The summed E-state index contributed by atoms with van der Waals surface area (Å²) in [5, 5.41) is 29.6. The second kappa shape index (κ2) is 13.3. The molecule has 1 heterocycles. The summed E-state index contributed by atoms with van der Waals surface area (Å²) in [6.07, 6.45) is 0.751. The summed E-state index contributed by atoms with van der Waals surface area (Å²) in [5.41, 5.74) is 0. The van der Waals surface area contributed by atoms with Gasteiger partial charge in [-0.15, -0.1) is 11.3 Å². The van der Waals surface area contributed by atoms with Gasteiger partial charge in [0.05, 0.1) is 18.8 Å². The lowest BCUT2D eigenvalue weighted by molar-refractivity contribution is -0.0570. The van der Waals surface area contributed by atoms with Crippen molar-refractivity contribution < 1.29 is 38.4 Å². The SMILES string of the molecule is O=C(OCCCO)c1ccc(CCC[C@@H]2C(CCC(F)(F)COc3ccccc3)[C@H](O)C[C@@H]2O)s1. The van der Waals surface area contributed by atoms with Crippen molar-refractivity contribution in [3.63, 3.8) is 0 Å². The van der Waals surface area contributed by atoms with Gasteiger partial charge in [-0.3, -0.25) is 0 Å². The van der Waals surface area contributed by atoms with Gasteiger partial charge in [-0.2, -0.15) is 0 Å². The zero-order chi connectivity index (χ0) is 25.3. The maximum absolute atomic E-state index is 14.4. The van der Waals surface area contributed by atoms with Gasteiger partial charge in [-0.1, -0.05) is 18.2 Å². The minimum atomic E-state index is -3.03. The molecule has 0 saturated heterocycles. The Morgan fingerprint density at radius 2 is 1.74 bits per heavy atom. The van der Waals surface area contributed by atoms with Crippen LogP contribution in [-0.4, -0.2) is 59.2 Å². The lowest BCUT2D eigenvalue weighted by atomic mass is 9.85. The Labute approximate surface area is 208 Å². The highest BCUT2D eigenvalue weighted by Gasteiger charge is 2.43. The number of para-hydroxylation sites is 1. The third-order valence-electron chi connectivity index (χ3n) is 6.42. The lowest BCUT2D eigenvalue weighted by Crippen LogP contribution is -2.29. The van der Waals surface area contributed by atoms with Crippen LogP contribution >= 0.6 is 11.3 Å². The van der Waals surface area contributed by atoms with Crippen LogP contribution in [0.25, 0.3) is 0 Å². The molecule has 1 saturated carbocycles. The van der Waals surface area contributed by atoms with Gasteiger partial charge in [-0.05, 0) is 68.2 Å². The van der Waals surface area contributed by atoms with Crippen LogP contribution in [0.3, 0.4) is 0 Å². The van der Waals surface area contributed by atoms with Gasteiger partial charge in [-0.25, -0.2) is 13.6 Å². The lowest BCUT2D eigenvalue weighted by Gasteiger charge is -2.25. The number of halogens is 2. The van der Waals surface area contributed by atoms with E-state index in [1.807, 2.05) is 6.07 Å². The molecule has 2 aromatic rings. The summed E-state index contributed by atoms with van der Waals surface area (Å²) in [7, 11) is 0. The topological polar surface area (TPSA) is 96.2 Å². The number of alkyl halides is 2. The van der Waals surface area contributed by atoms with E-state index < -0.39 is 43.0 Å². The highest BCUT2D eigenvalue weighted by Crippen LogP contribution is 2.40. The number of hydrogen-bond donors (Lipinski definition) is 3. The summed E-state index contributed by atoms with van der Waals surface area (Å²) in [4.78, 5) is 13.5. The fraction of sp³-hybridized carbons (Fsp3) is 0.577. The fourth-order valence-corrected chi connectivity index (χ4v) is 5.51. The van der Waals surface area contributed by atoms with Crippen molar-refractivity contribution in [2.24, 2.45) is 11.8 Å². The van der Waals surface area contributed by atoms with E-state index in [1.165, 1.54) is 11.3 Å². The Hall–Kier alpha value is -2.07. The second-order valence-electron chi connectivity index (χ2n) is 9.07. The van der Waals surface area contributed by atoms with Crippen molar-refractivity contribution in [1.82, 2.24) is 0 Å². The molecule has 0 radical (unpaired) electrons. The molecule has 6 nitrogen and oxygen atoms in total. The van der Waals surface area contributed by atoms with Crippen molar-refractivity contribution >= 4 is 17.3 Å². The molecule has 1 fully saturated rings. The van der Waals surface area contributed by atoms with E-state index in [4.69, 9.17) is 14.6 Å². The number of thiophene rings is 1. The first kappa shape index (κ1) is 27.5. The molecule has 1 aliphatic rings. The van der Waals surface area contributed by atoms with Crippen molar-refractivity contribution in [3.05, 3.63) is 52.2 Å². The molecule has 9 heteroatoms. The fourth-order valence-electron chi connectivity index (χ4n) is 4.57. The number of aliphatic hydroxyl groups excluding tert-OH is 3. The van der Waals surface area contributed by atoms with Gasteiger partial charge >= 0.3 is 5.97 Å². The Bertz CT molecular complexity index is 906. The molecule has 0 amide bonds. The van der Waals surface area contributed by atoms with Gasteiger partial charge in [0.25, 0.3) is 5.92 Å². The van der Waals surface area contributed by atoms with Crippen molar-refractivity contribution in [3.8, 4) is 5.75 Å². The Kier molecular flexibility index (Phi) is 10.5. The predicted molar refractivity (Wildman–Crippen MR) is 129 cm³/mol. The Balaban J connectivity index is 1.45. The van der Waals surface area contributed by atoms with E-state index in [-0.39, 0.29) is 32.0 Å². The van der Waals surface area contributed by atoms with E-state index in [2.05, 4.69) is 0 Å². The predicted octanol–water partition coefficient (Wildman–Crippen LogP) is 4.46. The largest absolute Gasteiger partial charge is 0.487 e. The summed E-state index contributed by atoms with van der Waals surface area (Å²) >= 11 is 1.34. The number of carbonyl (C=O) groups is 1. The average Bonchev–Trinajstić information content (AvgIpc) is 3.41. The quantitative estimate of drug-likeness (QED) is 0.256. The van der Waals surface area contributed by atoms with Gasteiger partial charge in [0, 0.05) is 24.3 Å². The Morgan fingerprint density at radius 1 is 1.03 bits per heavy atom. The first-order valence-electron chi connectivity index (χ1n) is 12.1. The summed E-state index contributed by atoms with van der Waals surface area (Å²) in [5.74, 6) is -3.71. The third kappa shape index (κ3) is 8.52. The normalized spacial score (nSPS) is 22.3. The monoisotopic (exact) mass is 512 g/mol. The maximum Gasteiger partial charge on any atom is 0.348 e. The zero-order valence-electron chi connectivity index (χ0n) is 19.7. The van der Waals surface area contributed by atoms with Crippen LogP contribution in [0.15, 0.2) is 42.5 Å². The molecular formula is C26H34F2O6S. The van der Waals surface area contributed by atoms with E-state index in [1.54, 1.807) is 36.4 Å². The van der Waals surface area contributed by atoms with E-state index in [0.29, 0.717) is 36.3 Å². The Morgan fingerprint density at radius 3 is 2.46 bits per heavy atom. The zero-order valence-corrected chi connectivity index (χ0v) is 20.5. The molecule has 35 heavy (non-hydrogen) atoms. The molecule has 1 aromatic heterocycles. The molecule has 3 N–H and O–H groups in total. The highest BCUT2D eigenvalue weighted by molar-refractivity contribution is 7.13. The van der Waals surface area contributed by atoms with E-state index in [9.17, 15) is 23.8 Å². The average molecular weight is 513 g/mol. The molecule has 1 unspecified atom stereocenters. The van der Waals surface area contributed by atoms with Crippen molar-refractivity contribution in [2.45, 2.75) is 63.1 Å². The number of carbonyl (C=O) groups excluding carboxylic acids is 1. The number of aryl methyl sites for hydroxylation is 1. The van der Waals surface area contributed by atoms with Gasteiger partial charge in [0.2, 0.25) is 0 Å². The summed E-state index contributed by atoms with van der Waals surface area (Å²) in [6.45, 7) is -0.593. The van der Waals surface area contributed by atoms with Crippen LogP contribution in [0.1, 0.15) is 53.1 Å². The first-order chi connectivity index (χ1) is 16.8. The molecular weight excluding hydrogens is 478 g/mol. The smallest absolute Gasteiger partial charge is 0.348 e. The molecule has 0 bridgehead atoms. The minimum absolute atomic E-state index is 0.0369. The van der Waals surface area contributed by atoms with Crippen LogP contribution < -0.4 is 4.74 Å². The third-order valence-corrected chi connectivity index (χ3v) is 7.54. The van der Waals surface area contributed by atoms with Crippen LogP contribution in [0, 0.1) is 11.8 Å². The minimum Gasteiger partial charge on any atom is -0.487 e. The standard InChI is InChI=1S/C26H34F2O6S/c27-26(28,17-34-18-6-2-1-3-7-18)13-12-21-20(22(30)16-23(21)31)9-4-8-19-10-11-24(35-19)25(32)33-15-5-14-29/h1-3,6-7,10-11,20-23,29-31H,4-5,8-9,12-17H2/t20-,21?,22+,23-/m1/s1. The van der Waals surface area contributed by atoms with Crippen molar-refractivity contribution in [1.29, 1.82) is 0 Å². The van der Waals surface area contributed by atoms with E-state index in [0.717, 1.165) is 4.88 Å². The summed E-state index contributed by atoms with van der Waals surface area (Å²) < 4.78 is 39.2. The van der Waals surface area contributed by atoms with Gasteiger partial charge in [0.1, 0.15) is 10.6 Å². The molecule has 1 aliphatic carbocycles. The van der Waals surface area contributed by atoms with E-state index >= 15 is 0 Å². The highest BCUT2D eigenvalue weighted by atomic mass is 32.1. The number of rotatable bonds is 14. The second-order valence-corrected chi connectivity index (χ2v) is 10.2.